The quantitative estimate of drug-likeness (QED) is 0.173. The van der Waals surface area contributed by atoms with Gasteiger partial charge in [-0.2, -0.15) is 0 Å². The highest BCUT2D eigenvalue weighted by molar-refractivity contribution is 5.90. The van der Waals surface area contributed by atoms with Gasteiger partial charge in [0.15, 0.2) is 0 Å². The lowest BCUT2D eigenvalue weighted by Gasteiger charge is -2.29. The molecular formula is C51H42N2. The maximum atomic E-state index is 2.46. The Kier molecular flexibility index (Phi) is 7.47. The van der Waals surface area contributed by atoms with Gasteiger partial charge in [-0.05, 0) is 124 Å². The minimum atomic E-state index is 0.00292. The first-order chi connectivity index (χ1) is 26.0. The normalized spacial score (nSPS) is 17.6. The molecule has 2 nitrogen and oxygen atoms in total. The molecule has 1 atom stereocenters. The molecule has 0 radical (unpaired) electrons. The van der Waals surface area contributed by atoms with Gasteiger partial charge in [0.2, 0.25) is 0 Å². The third-order valence-electron chi connectivity index (χ3n) is 11.9. The van der Waals surface area contributed by atoms with Crippen molar-refractivity contribution in [2.45, 2.75) is 44.4 Å². The van der Waals surface area contributed by atoms with E-state index in [4.69, 9.17) is 0 Å². The molecule has 0 fully saturated rings. The van der Waals surface area contributed by atoms with Crippen LogP contribution in [0.15, 0.2) is 187 Å². The molecule has 0 N–H and O–H groups in total. The van der Waals surface area contributed by atoms with Gasteiger partial charge < -0.3 is 9.80 Å². The molecule has 0 amide bonds. The summed E-state index contributed by atoms with van der Waals surface area (Å²) < 4.78 is 0. The number of para-hydroxylation sites is 1. The Bertz CT molecular complexity index is 2480. The van der Waals surface area contributed by atoms with E-state index in [1.165, 1.54) is 67.3 Å². The second-order valence-electron chi connectivity index (χ2n) is 15.2. The van der Waals surface area contributed by atoms with E-state index < -0.39 is 0 Å². The van der Waals surface area contributed by atoms with Crippen molar-refractivity contribution in [2.75, 3.05) is 9.80 Å². The van der Waals surface area contributed by atoms with Crippen LogP contribution in [-0.4, -0.2) is 0 Å². The van der Waals surface area contributed by atoms with Crippen LogP contribution in [0.3, 0.4) is 0 Å². The molecule has 0 bridgehead atoms. The van der Waals surface area contributed by atoms with Gasteiger partial charge in [-0.25, -0.2) is 0 Å². The van der Waals surface area contributed by atoms with Crippen molar-refractivity contribution < 1.29 is 0 Å². The number of hydrogen-bond acceptors (Lipinski definition) is 2. The van der Waals surface area contributed by atoms with Crippen LogP contribution in [-0.2, 0) is 5.41 Å². The van der Waals surface area contributed by atoms with E-state index in [0.717, 1.165) is 30.6 Å². The Hall–Kier alpha value is -6.12. The topological polar surface area (TPSA) is 6.48 Å². The molecule has 3 aliphatic carbocycles. The van der Waals surface area contributed by atoms with Crippen molar-refractivity contribution in [1.29, 1.82) is 0 Å². The second-order valence-corrected chi connectivity index (χ2v) is 15.2. The zero-order chi connectivity index (χ0) is 35.5. The molecule has 6 aromatic carbocycles. The molecular weight excluding hydrogens is 641 g/mol. The summed E-state index contributed by atoms with van der Waals surface area (Å²) in [6.07, 6.45) is 14.8. The van der Waals surface area contributed by atoms with E-state index in [9.17, 15) is 0 Å². The number of hydrogen-bond donors (Lipinski definition) is 0. The standard InChI is InChI=1S/C51H42N2/c1-51(2)47-19-11-9-17-43(47)44-32-30-42(34-48(44)51)52(40-26-21-36(22-27-40)35-13-5-3-6-14-35)41-28-23-37(24-29-41)38-25-31-46-45-18-10-12-20-49(45)53(50(46)33-38)39-15-7-4-8-16-39/h3-10,12-17,20-34,45H,11,18-19H2,1-2H3. The smallest absolute Gasteiger partial charge is 0.0503 e. The lowest BCUT2D eigenvalue weighted by molar-refractivity contribution is 0.607. The zero-order valence-electron chi connectivity index (χ0n) is 30.3. The molecule has 0 saturated heterocycles. The van der Waals surface area contributed by atoms with Crippen LogP contribution in [0, 0.1) is 0 Å². The Morgan fingerprint density at radius 2 is 1.26 bits per heavy atom. The van der Waals surface area contributed by atoms with Crippen molar-refractivity contribution in [1.82, 2.24) is 0 Å². The van der Waals surface area contributed by atoms with Gasteiger partial charge in [0.25, 0.3) is 0 Å². The Labute approximate surface area is 313 Å². The maximum Gasteiger partial charge on any atom is 0.0503 e. The summed E-state index contributed by atoms with van der Waals surface area (Å²) in [5, 5.41) is 0. The molecule has 0 spiro atoms. The van der Waals surface area contributed by atoms with Crippen LogP contribution >= 0.6 is 0 Å². The fraction of sp³-hybridized carbons (Fsp3) is 0.137. The van der Waals surface area contributed by atoms with Crippen LogP contribution < -0.4 is 9.80 Å². The molecule has 1 unspecified atom stereocenters. The third-order valence-corrected chi connectivity index (χ3v) is 11.9. The summed E-state index contributed by atoms with van der Waals surface area (Å²) in [4.78, 5) is 4.88. The van der Waals surface area contributed by atoms with Gasteiger partial charge in [-0.15, -0.1) is 0 Å². The molecule has 2 heteroatoms. The number of fused-ring (bicyclic) bond motifs is 5. The zero-order valence-corrected chi connectivity index (χ0v) is 30.3. The fourth-order valence-electron chi connectivity index (χ4n) is 9.19. The molecule has 6 aromatic rings. The van der Waals surface area contributed by atoms with Crippen molar-refractivity contribution in [3.8, 4) is 22.3 Å². The Morgan fingerprint density at radius 1 is 0.623 bits per heavy atom. The minimum absolute atomic E-state index is 0.00292. The molecule has 10 rings (SSSR count). The molecule has 4 aliphatic rings. The lowest BCUT2D eigenvalue weighted by atomic mass is 9.78. The Balaban J connectivity index is 1.04. The SMILES string of the molecule is CC1(C)C2=C(C=CCC2)c2ccc(N(c3ccc(-c4ccccc4)cc3)c3ccc(-c4ccc5c(c4)N(c4ccccc4)C4=CC=CCC45)cc3)cc21. The second kappa shape index (κ2) is 12.5. The summed E-state index contributed by atoms with van der Waals surface area (Å²) in [5.41, 5.74) is 19.4. The lowest BCUT2D eigenvalue weighted by Crippen LogP contribution is -2.18. The first kappa shape index (κ1) is 31.6. The molecule has 0 aromatic heterocycles. The monoisotopic (exact) mass is 682 g/mol. The number of benzene rings is 6. The van der Waals surface area contributed by atoms with Crippen LogP contribution in [0.2, 0.25) is 0 Å². The van der Waals surface area contributed by atoms with Crippen molar-refractivity contribution >= 4 is 34.0 Å². The third kappa shape index (κ3) is 5.24. The van der Waals surface area contributed by atoms with E-state index in [2.05, 4.69) is 200 Å². The number of nitrogens with zero attached hydrogens (tertiary/aromatic N) is 2. The van der Waals surface area contributed by atoms with E-state index in [1.54, 1.807) is 5.57 Å². The van der Waals surface area contributed by atoms with E-state index in [-0.39, 0.29) is 5.41 Å². The molecule has 53 heavy (non-hydrogen) atoms. The summed E-state index contributed by atoms with van der Waals surface area (Å²) in [6.45, 7) is 4.81. The van der Waals surface area contributed by atoms with Crippen molar-refractivity contribution in [3.63, 3.8) is 0 Å². The molecule has 0 saturated carbocycles. The highest BCUT2D eigenvalue weighted by atomic mass is 15.2. The van der Waals surface area contributed by atoms with Crippen molar-refractivity contribution in [2.24, 2.45) is 0 Å². The predicted molar refractivity (Wildman–Crippen MR) is 223 cm³/mol. The van der Waals surface area contributed by atoms with E-state index in [1.807, 2.05) is 0 Å². The van der Waals surface area contributed by atoms with Crippen LogP contribution in [0.4, 0.5) is 28.4 Å². The van der Waals surface area contributed by atoms with Crippen LogP contribution in [0.5, 0.6) is 0 Å². The number of allylic oxidation sites excluding steroid dienone is 8. The van der Waals surface area contributed by atoms with Crippen molar-refractivity contribution in [3.05, 3.63) is 204 Å². The summed E-state index contributed by atoms with van der Waals surface area (Å²) in [6, 6.07) is 53.8. The Morgan fingerprint density at radius 3 is 2.00 bits per heavy atom. The highest BCUT2D eigenvalue weighted by Crippen LogP contribution is 2.53. The average Bonchev–Trinajstić information content (AvgIpc) is 3.67. The van der Waals surface area contributed by atoms with Gasteiger partial charge in [0.05, 0.1) is 5.69 Å². The summed E-state index contributed by atoms with van der Waals surface area (Å²) in [7, 11) is 0. The summed E-state index contributed by atoms with van der Waals surface area (Å²) >= 11 is 0. The molecule has 1 heterocycles. The first-order valence-corrected chi connectivity index (χ1v) is 19.0. The number of rotatable bonds is 6. The van der Waals surface area contributed by atoms with Gasteiger partial charge in [-0.3, -0.25) is 0 Å². The van der Waals surface area contributed by atoms with Crippen LogP contribution in [0.25, 0.3) is 27.8 Å². The van der Waals surface area contributed by atoms with E-state index >= 15 is 0 Å². The maximum absolute atomic E-state index is 2.46. The largest absolute Gasteiger partial charge is 0.313 e. The number of anilines is 5. The van der Waals surface area contributed by atoms with Crippen LogP contribution in [0.1, 0.15) is 55.7 Å². The highest BCUT2D eigenvalue weighted by Gasteiger charge is 2.38. The van der Waals surface area contributed by atoms with Gasteiger partial charge >= 0.3 is 0 Å². The first-order valence-electron chi connectivity index (χ1n) is 19.0. The average molecular weight is 683 g/mol. The van der Waals surface area contributed by atoms with Gasteiger partial charge in [0.1, 0.15) is 0 Å². The van der Waals surface area contributed by atoms with Gasteiger partial charge in [0, 0.05) is 39.8 Å². The predicted octanol–water partition coefficient (Wildman–Crippen LogP) is 14.0. The molecule has 1 aliphatic heterocycles. The summed E-state index contributed by atoms with van der Waals surface area (Å²) in [5.74, 6) is 0.391. The molecule has 256 valence electrons. The van der Waals surface area contributed by atoms with E-state index in [0.29, 0.717) is 5.92 Å². The fourth-order valence-corrected chi connectivity index (χ4v) is 9.19. The minimum Gasteiger partial charge on any atom is -0.313 e. The van der Waals surface area contributed by atoms with Gasteiger partial charge in [-0.1, -0.05) is 135 Å².